The van der Waals surface area contributed by atoms with Crippen molar-refractivity contribution in [3.05, 3.63) is 77.9 Å². The molecule has 0 N–H and O–H groups in total. The summed E-state index contributed by atoms with van der Waals surface area (Å²) in [5.74, 6) is 0.601. The molecule has 2 rings (SSSR count). The van der Waals surface area contributed by atoms with Gasteiger partial charge in [-0.2, -0.15) is 0 Å². The second kappa shape index (κ2) is 8.67. The molecule has 0 aromatic heterocycles. The smallest absolute Gasteiger partial charge is 0.253 e. The maximum Gasteiger partial charge on any atom is 0.253 e. The highest BCUT2D eigenvalue weighted by molar-refractivity contribution is 7.89. The molecular formula is C20H23NO4S. The van der Waals surface area contributed by atoms with E-state index in [0.717, 1.165) is 11.3 Å². The molecule has 0 atom stereocenters. The van der Waals surface area contributed by atoms with Crippen LogP contribution in [-0.4, -0.2) is 39.1 Å². The maximum absolute atomic E-state index is 12.5. The molecule has 0 heterocycles. The summed E-state index contributed by atoms with van der Waals surface area (Å²) < 4.78 is 28.1. The molecule has 0 bridgehead atoms. The second-order valence-electron chi connectivity index (χ2n) is 6.17. The number of hydrogen-bond acceptors (Lipinski definition) is 4. The molecular weight excluding hydrogens is 350 g/mol. The summed E-state index contributed by atoms with van der Waals surface area (Å²) in [4.78, 5) is 14.1. The van der Waals surface area contributed by atoms with Crippen LogP contribution < -0.4 is 4.74 Å². The molecule has 6 heteroatoms. The van der Waals surface area contributed by atoms with Crippen LogP contribution in [0.2, 0.25) is 0 Å². The third-order valence-electron chi connectivity index (χ3n) is 3.69. The summed E-state index contributed by atoms with van der Waals surface area (Å²) in [7, 11) is -1.36. The molecule has 0 unspecified atom stereocenters. The van der Waals surface area contributed by atoms with E-state index >= 15 is 0 Å². The Morgan fingerprint density at radius 3 is 2.19 bits per heavy atom. The van der Waals surface area contributed by atoms with Gasteiger partial charge in [-0.15, -0.1) is 0 Å². The Bertz CT molecular complexity index is 856. The highest BCUT2D eigenvalue weighted by Crippen LogP contribution is 2.15. The fourth-order valence-corrected chi connectivity index (χ4v) is 3.26. The molecule has 0 spiro atoms. The Morgan fingerprint density at radius 1 is 1.08 bits per heavy atom. The van der Waals surface area contributed by atoms with Gasteiger partial charge in [-0.05, 0) is 35.4 Å². The van der Waals surface area contributed by atoms with Gasteiger partial charge in [0.15, 0.2) is 9.84 Å². The molecule has 0 aliphatic carbocycles. The number of amides is 1. The number of carbonyl (C=O) groups is 1. The molecule has 26 heavy (non-hydrogen) atoms. The van der Waals surface area contributed by atoms with Gasteiger partial charge in [0, 0.05) is 25.4 Å². The summed E-state index contributed by atoms with van der Waals surface area (Å²) in [6.45, 7) is 4.52. The van der Waals surface area contributed by atoms with Crippen molar-refractivity contribution in [3.63, 3.8) is 0 Å². The highest BCUT2D eigenvalue weighted by Gasteiger charge is 2.13. The first-order valence-corrected chi connectivity index (χ1v) is 10.2. The lowest BCUT2D eigenvalue weighted by atomic mass is 10.1. The average molecular weight is 373 g/mol. The fourth-order valence-electron chi connectivity index (χ4n) is 2.46. The van der Waals surface area contributed by atoms with E-state index < -0.39 is 9.84 Å². The van der Waals surface area contributed by atoms with Gasteiger partial charge in [-0.1, -0.05) is 36.9 Å². The Hall–Kier alpha value is -2.60. The molecule has 5 nitrogen and oxygen atoms in total. The number of nitrogens with zero attached hydrogens (tertiary/aromatic N) is 1. The Morgan fingerprint density at radius 2 is 1.65 bits per heavy atom. The summed E-state index contributed by atoms with van der Waals surface area (Å²) in [6.07, 6.45) is 2.87. The molecule has 1 amide bonds. The quantitative estimate of drug-likeness (QED) is 0.667. The van der Waals surface area contributed by atoms with E-state index in [2.05, 4.69) is 6.58 Å². The lowest BCUT2D eigenvalue weighted by molar-refractivity contribution is 0.0785. The molecule has 138 valence electrons. The van der Waals surface area contributed by atoms with E-state index in [4.69, 9.17) is 4.74 Å². The lowest BCUT2D eigenvalue weighted by Crippen LogP contribution is -2.26. The van der Waals surface area contributed by atoms with Crippen LogP contribution in [0.5, 0.6) is 5.75 Å². The SMILES string of the molecule is C=CCOc1ccc(CN(C)C(=O)c2ccc(CS(C)(=O)=O)cc2)cc1. The zero-order chi connectivity index (χ0) is 19.2. The number of ether oxygens (including phenoxy) is 1. The van der Waals surface area contributed by atoms with Crippen molar-refractivity contribution in [2.24, 2.45) is 0 Å². The molecule has 0 saturated heterocycles. The van der Waals surface area contributed by atoms with Gasteiger partial charge in [0.1, 0.15) is 12.4 Å². The van der Waals surface area contributed by atoms with Gasteiger partial charge >= 0.3 is 0 Å². The molecule has 0 saturated carbocycles. The number of sulfone groups is 1. The minimum atomic E-state index is -3.09. The van der Waals surface area contributed by atoms with E-state index in [0.29, 0.717) is 24.3 Å². The van der Waals surface area contributed by atoms with E-state index in [-0.39, 0.29) is 11.7 Å². The minimum Gasteiger partial charge on any atom is -0.490 e. The largest absolute Gasteiger partial charge is 0.490 e. The van der Waals surface area contributed by atoms with Crippen LogP contribution in [0.4, 0.5) is 0 Å². The number of benzene rings is 2. The van der Waals surface area contributed by atoms with Crippen molar-refractivity contribution in [3.8, 4) is 5.75 Å². The van der Waals surface area contributed by atoms with Crippen LogP contribution in [0, 0.1) is 0 Å². The average Bonchev–Trinajstić information content (AvgIpc) is 2.60. The van der Waals surface area contributed by atoms with E-state index in [1.165, 1.54) is 6.26 Å². The van der Waals surface area contributed by atoms with Crippen molar-refractivity contribution in [2.45, 2.75) is 12.3 Å². The normalized spacial score (nSPS) is 11.0. The van der Waals surface area contributed by atoms with Gasteiger partial charge in [0.05, 0.1) is 5.75 Å². The van der Waals surface area contributed by atoms with E-state index in [1.54, 1.807) is 42.3 Å². The topological polar surface area (TPSA) is 63.7 Å². The molecule has 0 fully saturated rings. The molecule has 0 radical (unpaired) electrons. The predicted molar refractivity (Wildman–Crippen MR) is 103 cm³/mol. The van der Waals surface area contributed by atoms with Gasteiger partial charge < -0.3 is 9.64 Å². The van der Waals surface area contributed by atoms with Gasteiger partial charge in [-0.3, -0.25) is 4.79 Å². The molecule has 2 aromatic rings. The number of carbonyl (C=O) groups excluding carboxylic acids is 1. The summed E-state index contributed by atoms with van der Waals surface area (Å²) >= 11 is 0. The third kappa shape index (κ3) is 6.04. The fraction of sp³-hybridized carbons (Fsp3) is 0.250. The van der Waals surface area contributed by atoms with Crippen molar-refractivity contribution in [2.75, 3.05) is 19.9 Å². The van der Waals surface area contributed by atoms with Crippen molar-refractivity contribution < 1.29 is 17.9 Å². The third-order valence-corrected chi connectivity index (χ3v) is 4.55. The van der Waals surface area contributed by atoms with Crippen molar-refractivity contribution in [1.82, 2.24) is 4.90 Å². The van der Waals surface area contributed by atoms with E-state index in [9.17, 15) is 13.2 Å². The van der Waals surface area contributed by atoms with Crippen LogP contribution in [0.1, 0.15) is 21.5 Å². The van der Waals surface area contributed by atoms with Gasteiger partial charge in [0.25, 0.3) is 5.91 Å². The minimum absolute atomic E-state index is 0.0302. The first kappa shape index (κ1) is 19.7. The Balaban J connectivity index is 1.99. The highest BCUT2D eigenvalue weighted by atomic mass is 32.2. The summed E-state index contributed by atoms with van der Waals surface area (Å²) in [5, 5.41) is 0. The predicted octanol–water partition coefficient (Wildman–Crippen LogP) is 3.07. The monoisotopic (exact) mass is 373 g/mol. The van der Waals surface area contributed by atoms with Gasteiger partial charge in [-0.25, -0.2) is 8.42 Å². The maximum atomic E-state index is 12.5. The lowest BCUT2D eigenvalue weighted by Gasteiger charge is -2.18. The number of rotatable bonds is 8. The first-order valence-electron chi connectivity index (χ1n) is 8.13. The summed E-state index contributed by atoms with van der Waals surface area (Å²) in [5.41, 5.74) is 2.18. The molecule has 2 aromatic carbocycles. The van der Waals surface area contributed by atoms with Crippen molar-refractivity contribution in [1.29, 1.82) is 0 Å². The Kier molecular flexibility index (Phi) is 6.58. The number of hydrogen-bond donors (Lipinski definition) is 0. The van der Waals surface area contributed by atoms with Crippen LogP contribution in [-0.2, 0) is 22.1 Å². The second-order valence-corrected chi connectivity index (χ2v) is 8.31. The zero-order valence-corrected chi connectivity index (χ0v) is 15.8. The molecule has 0 aliphatic rings. The van der Waals surface area contributed by atoms with Gasteiger partial charge in [0.2, 0.25) is 0 Å². The standard InChI is InChI=1S/C20H23NO4S/c1-4-13-25-19-11-7-16(8-12-19)14-21(2)20(22)18-9-5-17(6-10-18)15-26(3,23)24/h4-12H,1,13-15H2,2-3H3. The first-order chi connectivity index (χ1) is 12.3. The van der Waals surface area contributed by atoms with Crippen LogP contribution in [0.3, 0.4) is 0 Å². The van der Waals surface area contributed by atoms with E-state index in [1.807, 2.05) is 24.3 Å². The van der Waals surface area contributed by atoms with Crippen molar-refractivity contribution >= 4 is 15.7 Å². The summed E-state index contributed by atoms with van der Waals surface area (Å²) in [6, 6.07) is 14.2. The van der Waals surface area contributed by atoms with Crippen LogP contribution in [0.25, 0.3) is 0 Å². The van der Waals surface area contributed by atoms with Crippen LogP contribution >= 0.6 is 0 Å². The molecule has 0 aliphatic heterocycles. The Labute approximate surface area is 154 Å². The zero-order valence-electron chi connectivity index (χ0n) is 15.0. The van der Waals surface area contributed by atoms with Crippen LogP contribution in [0.15, 0.2) is 61.2 Å².